The number of hydrogen-bond acceptors (Lipinski definition) is 2. The predicted molar refractivity (Wildman–Crippen MR) is 76.1 cm³/mol. The third kappa shape index (κ3) is 2.99. The maximum atomic E-state index is 10.9. The van der Waals surface area contributed by atoms with Crippen molar-refractivity contribution in [2.45, 2.75) is 88.1 Å². The normalized spacial score (nSPS) is 40.0. The molecule has 104 valence electrons. The molecule has 3 fully saturated rings. The van der Waals surface area contributed by atoms with E-state index in [1.165, 1.54) is 57.8 Å². The Balaban J connectivity index is 1.45. The van der Waals surface area contributed by atoms with Gasteiger partial charge in [0.1, 0.15) is 0 Å². The molecule has 1 aliphatic heterocycles. The number of epoxide rings is 1. The van der Waals surface area contributed by atoms with Gasteiger partial charge in [-0.1, -0.05) is 38.5 Å². The van der Waals surface area contributed by atoms with Gasteiger partial charge in [-0.2, -0.15) is 0 Å². The molecule has 2 aliphatic carbocycles. The molecular weight excluding hydrogens is 240 g/mol. The van der Waals surface area contributed by atoms with Crippen LogP contribution < -0.4 is 0 Å². The van der Waals surface area contributed by atoms with E-state index in [1.54, 1.807) is 0 Å². The van der Waals surface area contributed by atoms with Crippen molar-refractivity contribution in [2.75, 3.05) is 0 Å². The van der Waals surface area contributed by atoms with Gasteiger partial charge in [0.15, 0.2) is 8.32 Å². The zero-order valence-electron chi connectivity index (χ0n) is 11.7. The van der Waals surface area contributed by atoms with Crippen LogP contribution in [0.25, 0.3) is 0 Å². The van der Waals surface area contributed by atoms with Gasteiger partial charge in [0, 0.05) is 0 Å². The standard InChI is InChI=1S/C15H28O2Si/c1-18(16,13-5-3-2-4-6-13)10-9-12-7-8-14-15(11-12)17-14/h12-16H,2-11H2,1H3. The highest BCUT2D eigenvalue weighted by molar-refractivity contribution is 6.72. The predicted octanol–water partition coefficient (Wildman–Crippen LogP) is 3.85. The lowest BCUT2D eigenvalue weighted by molar-refractivity contribution is 0.351. The van der Waals surface area contributed by atoms with E-state index >= 15 is 0 Å². The van der Waals surface area contributed by atoms with Crippen LogP contribution in [0.5, 0.6) is 0 Å². The summed E-state index contributed by atoms with van der Waals surface area (Å²) in [5, 5.41) is 0. The van der Waals surface area contributed by atoms with Crippen LogP contribution in [0.2, 0.25) is 18.1 Å². The maximum Gasteiger partial charge on any atom is 0.188 e. The molecule has 0 aromatic heterocycles. The van der Waals surface area contributed by atoms with Crippen molar-refractivity contribution in [3.63, 3.8) is 0 Å². The Morgan fingerprint density at radius 1 is 1.06 bits per heavy atom. The summed E-state index contributed by atoms with van der Waals surface area (Å²) < 4.78 is 5.61. The van der Waals surface area contributed by atoms with Crippen LogP contribution in [-0.2, 0) is 4.74 Å². The first-order chi connectivity index (χ1) is 8.65. The zero-order valence-corrected chi connectivity index (χ0v) is 12.7. The van der Waals surface area contributed by atoms with E-state index in [4.69, 9.17) is 4.74 Å². The summed E-state index contributed by atoms with van der Waals surface area (Å²) in [4.78, 5) is 10.9. The van der Waals surface area contributed by atoms with Crippen LogP contribution in [0.1, 0.15) is 57.8 Å². The van der Waals surface area contributed by atoms with Gasteiger partial charge in [-0.05, 0) is 43.3 Å². The molecule has 1 saturated heterocycles. The van der Waals surface area contributed by atoms with Crippen molar-refractivity contribution in [3.8, 4) is 0 Å². The molecule has 4 atom stereocenters. The van der Waals surface area contributed by atoms with Gasteiger partial charge < -0.3 is 9.53 Å². The quantitative estimate of drug-likeness (QED) is 0.620. The van der Waals surface area contributed by atoms with E-state index < -0.39 is 8.32 Å². The highest BCUT2D eigenvalue weighted by atomic mass is 28.4. The van der Waals surface area contributed by atoms with Gasteiger partial charge in [0.2, 0.25) is 0 Å². The highest BCUT2D eigenvalue weighted by Gasteiger charge is 2.44. The molecule has 1 N–H and O–H groups in total. The van der Waals surface area contributed by atoms with Crippen molar-refractivity contribution in [3.05, 3.63) is 0 Å². The molecular formula is C15H28O2Si. The Hall–Kier alpha value is 0.137. The van der Waals surface area contributed by atoms with E-state index in [2.05, 4.69) is 6.55 Å². The lowest BCUT2D eigenvalue weighted by Crippen LogP contribution is -2.38. The molecule has 0 radical (unpaired) electrons. The van der Waals surface area contributed by atoms with Gasteiger partial charge in [0.05, 0.1) is 12.2 Å². The Morgan fingerprint density at radius 2 is 1.83 bits per heavy atom. The molecule has 18 heavy (non-hydrogen) atoms. The number of ether oxygens (including phenoxy) is 1. The SMILES string of the molecule is C[Si](O)(CCC1CCC2OC2C1)C1CCCCC1. The van der Waals surface area contributed by atoms with Crippen LogP contribution in [0.4, 0.5) is 0 Å². The first-order valence-corrected chi connectivity index (χ1v) is 10.8. The Labute approximate surface area is 112 Å². The van der Waals surface area contributed by atoms with Crippen molar-refractivity contribution >= 4 is 8.32 Å². The van der Waals surface area contributed by atoms with Gasteiger partial charge in [-0.25, -0.2) is 0 Å². The van der Waals surface area contributed by atoms with E-state index in [1.807, 2.05) is 0 Å². The average molecular weight is 268 g/mol. The first kappa shape index (κ1) is 13.1. The van der Waals surface area contributed by atoms with E-state index in [0.717, 1.165) is 12.0 Å². The third-order valence-electron chi connectivity index (χ3n) is 5.66. The molecule has 2 saturated carbocycles. The number of rotatable bonds is 4. The minimum Gasteiger partial charge on any atom is -0.432 e. The molecule has 3 heteroatoms. The minimum absolute atomic E-state index is 0.602. The average Bonchev–Trinajstić information content (AvgIpc) is 3.16. The summed E-state index contributed by atoms with van der Waals surface area (Å²) in [7, 11) is -1.94. The second-order valence-electron chi connectivity index (χ2n) is 7.12. The second kappa shape index (κ2) is 5.26. The minimum atomic E-state index is -1.94. The van der Waals surface area contributed by atoms with Crippen molar-refractivity contribution in [1.82, 2.24) is 0 Å². The lowest BCUT2D eigenvalue weighted by Gasteiger charge is -2.34. The molecule has 4 unspecified atom stereocenters. The van der Waals surface area contributed by atoms with Gasteiger partial charge in [-0.3, -0.25) is 0 Å². The summed E-state index contributed by atoms with van der Waals surface area (Å²) in [6, 6.07) is 1.14. The molecule has 2 nitrogen and oxygen atoms in total. The maximum absolute atomic E-state index is 10.9. The summed E-state index contributed by atoms with van der Waals surface area (Å²) in [6.07, 6.45) is 13.1. The van der Waals surface area contributed by atoms with Crippen LogP contribution in [0, 0.1) is 5.92 Å². The molecule has 0 spiro atoms. The van der Waals surface area contributed by atoms with Gasteiger partial charge in [-0.15, -0.1) is 0 Å². The topological polar surface area (TPSA) is 32.8 Å². The largest absolute Gasteiger partial charge is 0.432 e. The molecule has 0 bridgehead atoms. The lowest BCUT2D eigenvalue weighted by atomic mass is 9.87. The summed E-state index contributed by atoms with van der Waals surface area (Å²) >= 11 is 0. The van der Waals surface area contributed by atoms with Crippen molar-refractivity contribution in [2.24, 2.45) is 5.92 Å². The molecule has 0 amide bonds. The van der Waals surface area contributed by atoms with Crippen molar-refractivity contribution < 1.29 is 9.53 Å². The highest BCUT2D eigenvalue weighted by Crippen LogP contribution is 2.43. The van der Waals surface area contributed by atoms with E-state index in [0.29, 0.717) is 17.7 Å². The Kier molecular flexibility index (Phi) is 3.84. The van der Waals surface area contributed by atoms with E-state index in [9.17, 15) is 4.80 Å². The van der Waals surface area contributed by atoms with Crippen LogP contribution in [-0.4, -0.2) is 25.3 Å². The van der Waals surface area contributed by atoms with Crippen LogP contribution in [0.3, 0.4) is 0 Å². The van der Waals surface area contributed by atoms with Gasteiger partial charge in [0.25, 0.3) is 0 Å². The Bertz CT molecular complexity index is 286. The van der Waals surface area contributed by atoms with Gasteiger partial charge >= 0.3 is 0 Å². The number of fused-ring (bicyclic) bond motifs is 1. The fourth-order valence-corrected chi connectivity index (χ4v) is 7.23. The van der Waals surface area contributed by atoms with Crippen LogP contribution >= 0.6 is 0 Å². The monoisotopic (exact) mass is 268 g/mol. The number of hydrogen-bond donors (Lipinski definition) is 1. The fourth-order valence-electron chi connectivity index (χ4n) is 4.17. The van der Waals surface area contributed by atoms with E-state index in [-0.39, 0.29) is 0 Å². The Morgan fingerprint density at radius 3 is 2.56 bits per heavy atom. The fraction of sp³-hybridized carbons (Fsp3) is 1.00. The van der Waals surface area contributed by atoms with Crippen LogP contribution in [0.15, 0.2) is 0 Å². The van der Waals surface area contributed by atoms with Crippen molar-refractivity contribution in [1.29, 1.82) is 0 Å². The first-order valence-electron chi connectivity index (χ1n) is 8.03. The molecule has 1 heterocycles. The zero-order chi connectivity index (χ0) is 12.6. The molecule has 0 aromatic carbocycles. The molecule has 3 aliphatic rings. The summed E-state index contributed by atoms with van der Waals surface area (Å²) in [5.74, 6) is 0.844. The summed E-state index contributed by atoms with van der Waals surface area (Å²) in [5.41, 5.74) is 0.694. The molecule has 3 rings (SSSR count). The smallest absolute Gasteiger partial charge is 0.188 e. The molecule has 0 aromatic rings. The third-order valence-corrected chi connectivity index (χ3v) is 9.29. The summed E-state index contributed by atoms with van der Waals surface area (Å²) in [6.45, 7) is 2.22. The second-order valence-corrected chi connectivity index (χ2v) is 11.2.